The molecule has 0 aliphatic heterocycles. The van der Waals surface area contributed by atoms with Crippen LogP contribution in [0.4, 0.5) is 22.0 Å². The van der Waals surface area contributed by atoms with Gasteiger partial charge in [0.1, 0.15) is 0 Å². The van der Waals surface area contributed by atoms with Gasteiger partial charge in [0.25, 0.3) is 0 Å². The molecule has 16 heavy (non-hydrogen) atoms. The number of aliphatic hydroxyl groups is 1. The van der Waals surface area contributed by atoms with E-state index in [-0.39, 0.29) is 0 Å². The summed E-state index contributed by atoms with van der Waals surface area (Å²) in [4.78, 5) is 0. The lowest BCUT2D eigenvalue weighted by atomic mass is 9.90. The molecule has 1 atom stereocenters. The fraction of sp³-hybridized carbons (Fsp3) is 0.400. The summed E-state index contributed by atoms with van der Waals surface area (Å²) in [6.45, 7) is 1.04. The summed E-state index contributed by atoms with van der Waals surface area (Å²) in [5, 5.41) is 9.40. The number of alkyl halides is 3. The van der Waals surface area contributed by atoms with Crippen LogP contribution in [0.15, 0.2) is 18.2 Å². The van der Waals surface area contributed by atoms with Crippen molar-refractivity contribution in [2.45, 2.75) is 25.1 Å². The summed E-state index contributed by atoms with van der Waals surface area (Å²) in [5.41, 5.74) is -4.46. The van der Waals surface area contributed by atoms with Gasteiger partial charge in [-0.1, -0.05) is 19.1 Å². The molecule has 1 aromatic carbocycles. The molecule has 1 rings (SSSR count). The van der Waals surface area contributed by atoms with Crippen molar-refractivity contribution in [2.24, 2.45) is 0 Å². The molecule has 0 radical (unpaired) electrons. The largest absolute Gasteiger partial charge is 0.421 e. The van der Waals surface area contributed by atoms with E-state index in [2.05, 4.69) is 0 Å². The van der Waals surface area contributed by atoms with Gasteiger partial charge in [-0.05, 0) is 12.5 Å². The Labute approximate surface area is 88.5 Å². The molecule has 1 nitrogen and oxygen atoms in total. The first-order valence-corrected chi connectivity index (χ1v) is 4.47. The first-order valence-electron chi connectivity index (χ1n) is 4.47. The van der Waals surface area contributed by atoms with Crippen LogP contribution >= 0.6 is 0 Å². The van der Waals surface area contributed by atoms with Gasteiger partial charge in [0.05, 0.1) is 0 Å². The maximum Gasteiger partial charge on any atom is 0.421 e. The van der Waals surface area contributed by atoms with Crippen LogP contribution < -0.4 is 0 Å². The highest BCUT2D eigenvalue weighted by molar-refractivity contribution is 5.27. The van der Waals surface area contributed by atoms with Gasteiger partial charge in [-0.25, -0.2) is 8.78 Å². The van der Waals surface area contributed by atoms with Gasteiger partial charge in [0, 0.05) is 5.56 Å². The summed E-state index contributed by atoms with van der Waals surface area (Å²) in [5.74, 6) is -3.10. The number of rotatable bonds is 2. The van der Waals surface area contributed by atoms with Gasteiger partial charge in [-0.2, -0.15) is 13.2 Å². The van der Waals surface area contributed by atoms with Gasteiger partial charge in [0.15, 0.2) is 17.2 Å². The van der Waals surface area contributed by atoms with E-state index in [0.717, 1.165) is 19.1 Å². The third-order valence-corrected chi connectivity index (χ3v) is 2.38. The average Bonchev–Trinajstić information content (AvgIpc) is 2.19. The first kappa shape index (κ1) is 12.9. The van der Waals surface area contributed by atoms with Crippen molar-refractivity contribution in [1.82, 2.24) is 0 Å². The average molecular weight is 240 g/mol. The number of hydrogen-bond donors (Lipinski definition) is 1. The monoisotopic (exact) mass is 240 g/mol. The van der Waals surface area contributed by atoms with Crippen molar-refractivity contribution in [3.05, 3.63) is 35.4 Å². The van der Waals surface area contributed by atoms with Crippen LogP contribution in [-0.2, 0) is 5.60 Å². The van der Waals surface area contributed by atoms with Crippen LogP contribution in [0.3, 0.4) is 0 Å². The van der Waals surface area contributed by atoms with Crippen molar-refractivity contribution >= 4 is 0 Å². The smallest absolute Gasteiger partial charge is 0.376 e. The standard InChI is InChI=1S/C10H9F5O/c1-2-9(16,10(13,14)15)6-4-3-5-7(11)8(6)12/h3-5,16H,2H2,1H3. The second-order valence-electron chi connectivity index (χ2n) is 3.31. The van der Waals surface area contributed by atoms with Crippen molar-refractivity contribution in [2.75, 3.05) is 0 Å². The Morgan fingerprint density at radius 1 is 1.19 bits per heavy atom. The maximum absolute atomic E-state index is 13.2. The highest BCUT2D eigenvalue weighted by Gasteiger charge is 2.55. The minimum Gasteiger partial charge on any atom is -0.376 e. The summed E-state index contributed by atoms with van der Waals surface area (Å²) >= 11 is 0. The molecule has 0 bridgehead atoms. The maximum atomic E-state index is 13.2. The molecule has 0 amide bonds. The lowest BCUT2D eigenvalue weighted by Crippen LogP contribution is -2.42. The molecule has 1 unspecified atom stereocenters. The second kappa shape index (κ2) is 4.01. The van der Waals surface area contributed by atoms with E-state index in [1.165, 1.54) is 0 Å². The quantitative estimate of drug-likeness (QED) is 0.787. The van der Waals surface area contributed by atoms with E-state index < -0.39 is 35.4 Å². The molecular formula is C10H9F5O. The van der Waals surface area contributed by atoms with E-state index >= 15 is 0 Å². The number of benzene rings is 1. The third kappa shape index (κ3) is 1.89. The Bertz CT molecular complexity index is 387. The molecule has 0 aromatic heterocycles. The molecular weight excluding hydrogens is 231 g/mol. The summed E-state index contributed by atoms with van der Waals surface area (Å²) < 4.78 is 63.6. The Hall–Kier alpha value is -1.17. The van der Waals surface area contributed by atoms with Gasteiger partial charge in [0.2, 0.25) is 0 Å². The number of hydrogen-bond acceptors (Lipinski definition) is 1. The first-order chi connectivity index (χ1) is 7.24. The van der Waals surface area contributed by atoms with Crippen LogP contribution in [0.5, 0.6) is 0 Å². The molecule has 6 heteroatoms. The van der Waals surface area contributed by atoms with E-state index in [1.807, 2.05) is 0 Å². The normalized spacial score (nSPS) is 15.9. The minimum atomic E-state index is -5.06. The third-order valence-electron chi connectivity index (χ3n) is 2.38. The van der Waals surface area contributed by atoms with E-state index in [4.69, 9.17) is 0 Å². The van der Waals surface area contributed by atoms with Gasteiger partial charge in [-0.15, -0.1) is 0 Å². The topological polar surface area (TPSA) is 20.2 Å². The number of halogens is 5. The summed E-state index contributed by atoms with van der Waals surface area (Å²) in [6, 6.07) is 2.32. The van der Waals surface area contributed by atoms with Crippen LogP contribution in [0, 0.1) is 11.6 Å². The Morgan fingerprint density at radius 3 is 2.19 bits per heavy atom. The fourth-order valence-electron chi connectivity index (χ4n) is 1.37. The predicted octanol–water partition coefficient (Wildman–Crippen LogP) is 3.12. The van der Waals surface area contributed by atoms with Crippen molar-refractivity contribution < 1.29 is 27.1 Å². The highest BCUT2D eigenvalue weighted by atomic mass is 19.4. The molecule has 0 spiro atoms. The molecule has 0 saturated carbocycles. The lowest BCUT2D eigenvalue weighted by molar-refractivity contribution is -0.268. The highest BCUT2D eigenvalue weighted by Crippen LogP contribution is 2.42. The van der Waals surface area contributed by atoms with E-state index in [1.54, 1.807) is 0 Å². The van der Waals surface area contributed by atoms with Crippen LogP contribution in [-0.4, -0.2) is 11.3 Å². The Kier molecular flexibility index (Phi) is 3.23. The summed E-state index contributed by atoms with van der Waals surface area (Å²) in [7, 11) is 0. The van der Waals surface area contributed by atoms with Crippen molar-refractivity contribution in [3.63, 3.8) is 0 Å². The second-order valence-corrected chi connectivity index (χ2v) is 3.31. The van der Waals surface area contributed by atoms with E-state index in [0.29, 0.717) is 6.07 Å². The molecule has 0 fully saturated rings. The molecule has 0 heterocycles. The zero-order chi connectivity index (χ0) is 12.6. The fourth-order valence-corrected chi connectivity index (χ4v) is 1.37. The molecule has 1 N–H and O–H groups in total. The zero-order valence-electron chi connectivity index (χ0n) is 8.28. The Balaban J connectivity index is 3.40. The summed E-state index contributed by atoms with van der Waals surface area (Å²) in [6.07, 6.45) is -5.85. The molecule has 0 saturated heterocycles. The Morgan fingerprint density at radius 2 is 1.75 bits per heavy atom. The van der Waals surface area contributed by atoms with Crippen LogP contribution in [0.1, 0.15) is 18.9 Å². The van der Waals surface area contributed by atoms with Gasteiger partial charge >= 0.3 is 6.18 Å². The van der Waals surface area contributed by atoms with Gasteiger partial charge < -0.3 is 5.11 Å². The van der Waals surface area contributed by atoms with Crippen LogP contribution in [0.2, 0.25) is 0 Å². The SMILES string of the molecule is CCC(O)(c1cccc(F)c1F)C(F)(F)F. The van der Waals surface area contributed by atoms with E-state index in [9.17, 15) is 27.1 Å². The molecule has 1 aromatic rings. The van der Waals surface area contributed by atoms with Crippen LogP contribution in [0.25, 0.3) is 0 Å². The predicted molar refractivity (Wildman–Crippen MR) is 46.6 cm³/mol. The molecule has 0 aliphatic rings. The van der Waals surface area contributed by atoms with Crippen molar-refractivity contribution in [3.8, 4) is 0 Å². The molecule has 90 valence electrons. The molecule has 0 aliphatic carbocycles. The van der Waals surface area contributed by atoms with Gasteiger partial charge in [-0.3, -0.25) is 0 Å². The lowest BCUT2D eigenvalue weighted by Gasteiger charge is -2.30. The van der Waals surface area contributed by atoms with Crippen molar-refractivity contribution in [1.29, 1.82) is 0 Å². The zero-order valence-corrected chi connectivity index (χ0v) is 8.28. The minimum absolute atomic E-state index is 0.686.